The van der Waals surface area contributed by atoms with Crippen molar-refractivity contribution in [1.29, 1.82) is 5.26 Å². The summed E-state index contributed by atoms with van der Waals surface area (Å²) in [5.41, 5.74) is 2.44. The normalized spacial score (nSPS) is 9.86. The molecule has 0 radical (unpaired) electrons. The van der Waals surface area contributed by atoms with Crippen molar-refractivity contribution in [2.45, 2.75) is 5.75 Å². The number of rotatable bonds is 6. The van der Waals surface area contributed by atoms with Crippen LogP contribution in [0.3, 0.4) is 0 Å². The van der Waals surface area contributed by atoms with Crippen LogP contribution < -0.4 is 5.32 Å². The van der Waals surface area contributed by atoms with Crippen LogP contribution in [0.5, 0.6) is 0 Å². The number of carbonyl (C=O) groups excluding carboxylic acids is 1. The third-order valence-electron chi connectivity index (χ3n) is 2.92. The van der Waals surface area contributed by atoms with Crippen LogP contribution in [0.4, 0.5) is 0 Å². The lowest BCUT2D eigenvalue weighted by atomic mass is 10.1. The van der Waals surface area contributed by atoms with Crippen LogP contribution in [0, 0.1) is 11.3 Å². The van der Waals surface area contributed by atoms with E-state index >= 15 is 0 Å². The molecule has 0 unspecified atom stereocenters. The van der Waals surface area contributed by atoms with Gasteiger partial charge in [-0.15, -0.1) is 0 Å². The van der Waals surface area contributed by atoms with E-state index in [0.717, 1.165) is 11.5 Å². The Balaban J connectivity index is 1.68. The highest BCUT2D eigenvalue weighted by Gasteiger charge is 2.04. The van der Waals surface area contributed by atoms with Crippen LogP contribution >= 0.6 is 11.8 Å². The zero-order valence-corrected chi connectivity index (χ0v) is 12.4. The van der Waals surface area contributed by atoms with E-state index in [0.29, 0.717) is 17.7 Å². The van der Waals surface area contributed by atoms with Crippen LogP contribution in [0.25, 0.3) is 0 Å². The molecule has 0 bridgehead atoms. The first kappa shape index (κ1) is 15.1. The minimum Gasteiger partial charge on any atom is -0.351 e. The van der Waals surface area contributed by atoms with Crippen molar-refractivity contribution < 1.29 is 4.79 Å². The lowest BCUT2D eigenvalue weighted by molar-refractivity contribution is 0.0956. The number of hydrogen-bond acceptors (Lipinski definition) is 3. The highest BCUT2D eigenvalue weighted by molar-refractivity contribution is 7.98. The van der Waals surface area contributed by atoms with Crippen molar-refractivity contribution in [2.75, 3.05) is 12.3 Å². The van der Waals surface area contributed by atoms with E-state index in [-0.39, 0.29) is 5.91 Å². The zero-order valence-electron chi connectivity index (χ0n) is 11.6. The Bertz CT molecular complexity index is 617. The fourth-order valence-electron chi connectivity index (χ4n) is 1.80. The average molecular weight is 296 g/mol. The van der Waals surface area contributed by atoms with Crippen LogP contribution in [-0.2, 0) is 5.75 Å². The van der Waals surface area contributed by atoms with Crippen LogP contribution in [-0.4, -0.2) is 18.2 Å². The molecule has 0 heterocycles. The summed E-state index contributed by atoms with van der Waals surface area (Å²) in [6, 6.07) is 18.9. The number of carbonyl (C=O) groups is 1. The van der Waals surface area contributed by atoms with Crippen LogP contribution in [0.1, 0.15) is 21.5 Å². The first-order chi connectivity index (χ1) is 10.3. The van der Waals surface area contributed by atoms with E-state index in [1.165, 1.54) is 5.56 Å². The molecule has 4 heteroatoms. The number of nitriles is 1. The van der Waals surface area contributed by atoms with E-state index in [4.69, 9.17) is 5.26 Å². The summed E-state index contributed by atoms with van der Waals surface area (Å²) in [5.74, 6) is 1.73. The lowest BCUT2D eigenvalue weighted by Gasteiger charge is -2.05. The van der Waals surface area contributed by atoms with E-state index in [2.05, 4.69) is 17.4 Å². The van der Waals surface area contributed by atoms with E-state index in [1.54, 1.807) is 36.0 Å². The highest BCUT2D eigenvalue weighted by atomic mass is 32.2. The Morgan fingerprint density at radius 3 is 2.48 bits per heavy atom. The minimum absolute atomic E-state index is 0.0974. The molecule has 2 aromatic carbocycles. The average Bonchev–Trinajstić information content (AvgIpc) is 2.55. The van der Waals surface area contributed by atoms with Crippen molar-refractivity contribution in [3.8, 4) is 6.07 Å². The molecule has 0 saturated heterocycles. The third-order valence-corrected chi connectivity index (χ3v) is 3.95. The lowest BCUT2D eigenvalue weighted by Crippen LogP contribution is -2.25. The second-order valence-corrected chi connectivity index (χ2v) is 5.59. The van der Waals surface area contributed by atoms with Gasteiger partial charge in [0, 0.05) is 23.6 Å². The smallest absolute Gasteiger partial charge is 0.251 e. The van der Waals surface area contributed by atoms with Crippen LogP contribution in [0.2, 0.25) is 0 Å². The Morgan fingerprint density at radius 2 is 1.81 bits per heavy atom. The van der Waals surface area contributed by atoms with Crippen molar-refractivity contribution in [1.82, 2.24) is 5.32 Å². The summed E-state index contributed by atoms with van der Waals surface area (Å²) in [4.78, 5) is 11.9. The fraction of sp³-hybridized carbons (Fsp3) is 0.176. The minimum atomic E-state index is -0.0974. The highest BCUT2D eigenvalue weighted by Crippen LogP contribution is 2.10. The second kappa shape index (κ2) is 8.13. The van der Waals surface area contributed by atoms with E-state index < -0.39 is 0 Å². The predicted octanol–water partition coefficient (Wildman–Crippen LogP) is 3.22. The maximum Gasteiger partial charge on any atom is 0.251 e. The van der Waals surface area contributed by atoms with E-state index in [9.17, 15) is 4.79 Å². The third kappa shape index (κ3) is 4.97. The molecule has 0 aromatic heterocycles. The topological polar surface area (TPSA) is 52.9 Å². The zero-order chi connectivity index (χ0) is 14.9. The Hall–Kier alpha value is -2.25. The van der Waals surface area contributed by atoms with Gasteiger partial charge in [-0.1, -0.05) is 30.3 Å². The van der Waals surface area contributed by atoms with Gasteiger partial charge < -0.3 is 5.32 Å². The summed E-state index contributed by atoms with van der Waals surface area (Å²) < 4.78 is 0. The van der Waals surface area contributed by atoms with Crippen molar-refractivity contribution in [2.24, 2.45) is 0 Å². The van der Waals surface area contributed by atoms with Gasteiger partial charge in [0.15, 0.2) is 0 Å². The summed E-state index contributed by atoms with van der Waals surface area (Å²) in [7, 11) is 0. The first-order valence-corrected chi connectivity index (χ1v) is 7.85. The number of thioether (sulfide) groups is 1. The molecule has 0 aliphatic rings. The van der Waals surface area contributed by atoms with Crippen molar-refractivity contribution in [3.63, 3.8) is 0 Å². The fourth-order valence-corrected chi connectivity index (χ4v) is 2.62. The van der Waals surface area contributed by atoms with Gasteiger partial charge >= 0.3 is 0 Å². The Labute approximate surface area is 129 Å². The predicted molar refractivity (Wildman–Crippen MR) is 86.1 cm³/mol. The van der Waals surface area contributed by atoms with Gasteiger partial charge in [0.05, 0.1) is 11.6 Å². The van der Waals surface area contributed by atoms with Gasteiger partial charge in [0.2, 0.25) is 0 Å². The molecule has 0 aliphatic carbocycles. The monoisotopic (exact) mass is 296 g/mol. The number of amides is 1. The number of hydrogen-bond donors (Lipinski definition) is 1. The molecule has 0 atom stereocenters. The molecule has 21 heavy (non-hydrogen) atoms. The second-order valence-electron chi connectivity index (χ2n) is 4.48. The van der Waals surface area contributed by atoms with Gasteiger partial charge in [-0.25, -0.2) is 0 Å². The first-order valence-electron chi connectivity index (χ1n) is 6.69. The standard InChI is InChI=1S/C17H16N2OS/c18-12-14-6-8-16(9-7-14)17(20)19-10-11-21-13-15-4-2-1-3-5-15/h1-9H,10-11,13H2,(H,19,20). The number of nitrogens with one attached hydrogen (secondary N) is 1. The molecule has 1 N–H and O–H groups in total. The Morgan fingerprint density at radius 1 is 1.10 bits per heavy atom. The van der Waals surface area contributed by atoms with Crippen LogP contribution in [0.15, 0.2) is 54.6 Å². The number of nitrogens with zero attached hydrogens (tertiary/aromatic N) is 1. The molecule has 2 rings (SSSR count). The molecule has 2 aromatic rings. The van der Waals surface area contributed by atoms with Gasteiger partial charge in [-0.2, -0.15) is 17.0 Å². The largest absolute Gasteiger partial charge is 0.351 e. The molecule has 106 valence electrons. The van der Waals surface area contributed by atoms with Gasteiger partial charge in [-0.3, -0.25) is 4.79 Å². The SMILES string of the molecule is N#Cc1ccc(C(=O)NCCSCc2ccccc2)cc1. The summed E-state index contributed by atoms with van der Waals surface area (Å²) in [6.45, 7) is 0.635. The van der Waals surface area contributed by atoms with Crippen molar-refractivity contribution in [3.05, 3.63) is 71.3 Å². The quantitative estimate of drug-likeness (QED) is 0.833. The van der Waals surface area contributed by atoms with Gasteiger partial charge in [0.1, 0.15) is 0 Å². The van der Waals surface area contributed by atoms with E-state index in [1.807, 2.05) is 24.3 Å². The molecular formula is C17H16N2OS. The molecule has 0 spiro atoms. The molecule has 0 saturated carbocycles. The van der Waals surface area contributed by atoms with Gasteiger partial charge in [0.25, 0.3) is 5.91 Å². The molecular weight excluding hydrogens is 280 g/mol. The maximum atomic E-state index is 11.9. The molecule has 1 amide bonds. The molecule has 0 fully saturated rings. The van der Waals surface area contributed by atoms with Crippen molar-refractivity contribution >= 4 is 17.7 Å². The maximum absolute atomic E-state index is 11.9. The Kier molecular flexibility index (Phi) is 5.86. The molecule has 0 aliphatic heterocycles. The molecule has 3 nitrogen and oxygen atoms in total. The summed E-state index contributed by atoms with van der Waals surface area (Å²) >= 11 is 1.79. The number of benzene rings is 2. The summed E-state index contributed by atoms with van der Waals surface area (Å²) in [6.07, 6.45) is 0. The summed E-state index contributed by atoms with van der Waals surface area (Å²) in [5, 5.41) is 11.6. The van der Waals surface area contributed by atoms with Gasteiger partial charge in [-0.05, 0) is 29.8 Å².